The molecule has 1 atom stereocenters. The van der Waals surface area contributed by atoms with Gasteiger partial charge < -0.3 is 5.11 Å². The molecule has 1 aliphatic carbocycles. The molecule has 0 spiro atoms. The van der Waals surface area contributed by atoms with Crippen LogP contribution in [0.2, 0.25) is 0 Å². The summed E-state index contributed by atoms with van der Waals surface area (Å²) in [5, 5.41) is 9.35. The van der Waals surface area contributed by atoms with Crippen LogP contribution in [0.4, 0.5) is 0 Å². The van der Waals surface area contributed by atoms with Crippen LogP contribution >= 0.6 is 0 Å². The Hall–Kier alpha value is -1.20. The molecule has 20 heavy (non-hydrogen) atoms. The summed E-state index contributed by atoms with van der Waals surface area (Å²) in [4.78, 5) is 12.1. The molecule has 0 radical (unpaired) electrons. The van der Waals surface area contributed by atoms with Gasteiger partial charge in [-0.3, -0.25) is 0 Å². The van der Waals surface area contributed by atoms with E-state index in [1.807, 2.05) is 10.4 Å². The third-order valence-corrected chi connectivity index (χ3v) is 5.64. The first-order chi connectivity index (χ1) is 9.66. The topological polar surface area (TPSA) is 57.6 Å². The summed E-state index contributed by atoms with van der Waals surface area (Å²) in [7, 11) is -1.22. The van der Waals surface area contributed by atoms with E-state index in [4.69, 9.17) is 0 Å². The van der Waals surface area contributed by atoms with Crippen LogP contribution in [0.3, 0.4) is 0 Å². The molecule has 2 aliphatic rings. The average molecular weight is 293 g/mol. The van der Waals surface area contributed by atoms with Crippen molar-refractivity contribution in [2.45, 2.75) is 43.4 Å². The second-order valence-electron chi connectivity index (χ2n) is 5.51. The molecular weight excluding hydrogens is 274 g/mol. The molecule has 1 aromatic rings. The highest BCUT2D eigenvalue weighted by Gasteiger charge is 2.24. The van der Waals surface area contributed by atoms with Gasteiger partial charge in [0.05, 0.1) is 10.5 Å². The van der Waals surface area contributed by atoms with Gasteiger partial charge in [-0.05, 0) is 55.4 Å². The van der Waals surface area contributed by atoms with Gasteiger partial charge in [-0.1, -0.05) is 6.42 Å². The molecule has 4 nitrogen and oxygen atoms in total. The largest absolute Gasteiger partial charge is 0.478 e. The first-order valence-electron chi connectivity index (χ1n) is 7.23. The standard InChI is InChI=1S/C15H19NO3S/c17-15(18)14-10-12(9-11-5-4-6-13(11)14)20(19)16-7-2-1-3-8-16/h9-10H,1-8H2,(H,17,18). The Kier molecular flexibility index (Phi) is 3.89. The number of carboxylic acid groups (broad SMARTS) is 1. The minimum atomic E-state index is -1.22. The molecule has 1 heterocycles. The van der Waals surface area contributed by atoms with Crippen molar-refractivity contribution in [3.63, 3.8) is 0 Å². The normalized spacial score (nSPS) is 20.6. The second kappa shape index (κ2) is 5.66. The zero-order valence-electron chi connectivity index (χ0n) is 11.4. The monoisotopic (exact) mass is 293 g/mol. The third-order valence-electron chi connectivity index (χ3n) is 4.17. The van der Waals surface area contributed by atoms with Crippen molar-refractivity contribution >= 4 is 17.0 Å². The van der Waals surface area contributed by atoms with Crippen LogP contribution in [-0.2, 0) is 23.8 Å². The molecule has 1 unspecified atom stereocenters. The number of fused-ring (bicyclic) bond motifs is 1. The molecule has 1 aromatic carbocycles. The van der Waals surface area contributed by atoms with Gasteiger partial charge in [0.25, 0.3) is 0 Å². The van der Waals surface area contributed by atoms with Gasteiger partial charge >= 0.3 is 5.97 Å². The van der Waals surface area contributed by atoms with Crippen LogP contribution in [0.1, 0.15) is 47.2 Å². The summed E-state index contributed by atoms with van der Waals surface area (Å²) in [5.41, 5.74) is 2.36. The molecule has 5 heteroatoms. The maximum absolute atomic E-state index is 12.6. The molecule has 1 fully saturated rings. The van der Waals surface area contributed by atoms with E-state index >= 15 is 0 Å². The Labute approximate surface area is 121 Å². The number of carboxylic acids is 1. The molecule has 0 amide bonds. The van der Waals surface area contributed by atoms with Gasteiger partial charge in [-0.2, -0.15) is 0 Å². The first kappa shape index (κ1) is 13.8. The highest BCUT2D eigenvalue weighted by atomic mass is 32.2. The summed E-state index contributed by atoms with van der Waals surface area (Å²) < 4.78 is 14.6. The lowest BCUT2D eigenvalue weighted by molar-refractivity contribution is 0.0695. The minimum Gasteiger partial charge on any atom is -0.478 e. The minimum absolute atomic E-state index is 0.348. The number of benzene rings is 1. The summed E-state index contributed by atoms with van der Waals surface area (Å²) in [6, 6.07) is 3.58. The Morgan fingerprint density at radius 1 is 1.10 bits per heavy atom. The highest BCUT2D eigenvalue weighted by Crippen LogP contribution is 2.29. The van der Waals surface area contributed by atoms with E-state index in [1.54, 1.807) is 6.07 Å². The molecule has 0 aromatic heterocycles. The lowest BCUT2D eigenvalue weighted by atomic mass is 10.0. The van der Waals surface area contributed by atoms with Crippen molar-refractivity contribution in [1.82, 2.24) is 4.31 Å². The van der Waals surface area contributed by atoms with Crippen LogP contribution in [-0.4, -0.2) is 32.7 Å². The molecule has 1 saturated heterocycles. The first-order valence-corrected chi connectivity index (χ1v) is 8.33. The van der Waals surface area contributed by atoms with Gasteiger partial charge in [-0.25, -0.2) is 13.3 Å². The van der Waals surface area contributed by atoms with Gasteiger partial charge in [0, 0.05) is 13.1 Å². The van der Waals surface area contributed by atoms with E-state index in [0.717, 1.165) is 56.3 Å². The maximum atomic E-state index is 12.6. The number of rotatable bonds is 3. The van der Waals surface area contributed by atoms with Gasteiger partial charge in [-0.15, -0.1) is 0 Å². The third kappa shape index (κ3) is 2.52. The predicted octanol–water partition coefficient (Wildman–Crippen LogP) is 2.38. The quantitative estimate of drug-likeness (QED) is 0.931. The average Bonchev–Trinajstić information content (AvgIpc) is 2.94. The van der Waals surface area contributed by atoms with Gasteiger partial charge in [0.1, 0.15) is 11.0 Å². The maximum Gasteiger partial charge on any atom is 0.336 e. The Morgan fingerprint density at radius 3 is 2.55 bits per heavy atom. The van der Waals surface area contributed by atoms with E-state index in [1.165, 1.54) is 6.42 Å². The van der Waals surface area contributed by atoms with Crippen molar-refractivity contribution in [2.24, 2.45) is 0 Å². The predicted molar refractivity (Wildman–Crippen MR) is 77.3 cm³/mol. The van der Waals surface area contributed by atoms with Crippen LogP contribution in [0.15, 0.2) is 17.0 Å². The number of nitrogens with zero attached hydrogens (tertiary/aromatic N) is 1. The summed E-state index contributed by atoms with van der Waals surface area (Å²) >= 11 is 0. The lowest BCUT2D eigenvalue weighted by Gasteiger charge is -2.25. The van der Waals surface area contributed by atoms with Gasteiger partial charge in [0.2, 0.25) is 0 Å². The molecule has 1 aliphatic heterocycles. The van der Waals surface area contributed by atoms with Crippen LogP contribution in [0.5, 0.6) is 0 Å². The molecular formula is C15H19NO3S. The van der Waals surface area contributed by atoms with Crippen LogP contribution in [0, 0.1) is 0 Å². The van der Waals surface area contributed by atoms with E-state index in [0.29, 0.717) is 10.5 Å². The second-order valence-corrected chi connectivity index (χ2v) is 6.99. The summed E-state index contributed by atoms with van der Waals surface area (Å²) in [6.45, 7) is 1.68. The molecule has 108 valence electrons. The zero-order chi connectivity index (χ0) is 14.1. The smallest absolute Gasteiger partial charge is 0.336 e. The van der Waals surface area contributed by atoms with E-state index < -0.39 is 17.0 Å². The lowest BCUT2D eigenvalue weighted by Crippen LogP contribution is -2.31. The number of aromatic carboxylic acids is 1. The molecule has 1 N–H and O–H groups in total. The summed E-state index contributed by atoms with van der Waals surface area (Å²) in [5.74, 6) is -0.902. The number of hydrogen-bond acceptors (Lipinski definition) is 2. The van der Waals surface area contributed by atoms with E-state index in [2.05, 4.69) is 0 Å². The van der Waals surface area contributed by atoms with Crippen molar-refractivity contribution in [3.05, 3.63) is 28.8 Å². The number of piperidine rings is 1. The highest BCUT2D eigenvalue weighted by molar-refractivity contribution is 7.82. The van der Waals surface area contributed by atoms with E-state index in [-0.39, 0.29) is 0 Å². The van der Waals surface area contributed by atoms with Crippen LogP contribution < -0.4 is 0 Å². The fourth-order valence-electron chi connectivity index (χ4n) is 3.15. The number of carbonyl (C=O) groups is 1. The van der Waals surface area contributed by atoms with Gasteiger partial charge in [0.15, 0.2) is 0 Å². The molecule has 0 saturated carbocycles. The Balaban J connectivity index is 1.95. The fourth-order valence-corrected chi connectivity index (χ4v) is 4.50. The molecule has 3 rings (SSSR count). The van der Waals surface area contributed by atoms with Crippen molar-refractivity contribution in [3.8, 4) is 0 Å². The van der Waals surface area contributed by atoms with Crippen molar-refractivity contribution in [1.29, 1.82) is 0 Å². The Bertz CT molecular complexity index is 564. The van der Waals surface area contributed by atoms with Crippen molar-refractivity contribution < 1.29 is 14.1 Å². The number of hydrogen-bond donors (Lipinski definition) is 1. The van der Waals surface area contributed by atoms with Crippen molar-refractivity contribution in [2.75, 3.05) is 13.1 Å². The van der Waals surface area contributed by atoms with E-state index in [9.17, 15) is 14.1 Å². The fraction of sp³-hybridized carbons (Fsp3) is 0.533. The Morgan fingerprint density at radius 2 is 1.85 bits per heavy atom. The summed E-state index contributed by atoms with van der Waals surface area (Å²) in [6.07, 6.45) is 6.06. The SMILES string of the molecule is O=C(O)c1cc(S(=O)N2CCCCC2)cc2c1CCC2. The number of aryl methyl sites for hydroxylation is 1. The molecule has 0 bridgehead atoms. The zero-order valence-corrected chi connectivity index (χ0v) is 12.2. The van der Waals surface area contributed by atoms with Crippen LogP contribution in [0.25, 0.3) is 0 Å².